The molecular weight excluding hydrogens is 301 g/mol. The Morgan fingerprint density at radius 3 is 2.45 bits per heavy atom. The van der Waals surface area contributed by atoms with Gasteiger partial charge in [-0.1, -0.05) is 23.2 Å². The molecule has 0 amide bonds. The van der Waals surface area contributed by atoms with E-state index in [1.54, 1.807) is 6.20 Å². The van der Waals surface area contributed by atoms with E-state index >= 15 is 0 Å². The number of anilines is 1. The Hall–Kier alpha value is -1.72. The molecule has 1 aromatic carbocycles. The highest BCUT2D eigenvalue weighted by molar-refractivity contribution is 6.37. The standard InChI is InChI=1S/C13H13Cl2N3O2/c1-7(2)18-6-9(5-17-13(18)19)20-12-10(14)3-8(16)4-11(12)15/h3-7H,16H2,1-2H3. The Kier molecular flexibility index (Phi) is 4.20. The van der Waals surface area contributed by atoms with Crippen LogP contribution in [0.2, 0.25) is 10.0 Å². The summed E-state index contributed by atoms with van der Waals surface area (Å²) in [5.74, 6) is 0.644. The molecule has 0 saturated heterocycles. The predicted molar refractivity (Wildman–Crippen MR) is 79.8 cm³/mol. The molecule has 1 aromatic heterocycles. The van der Waals surface area contributed by atoms with Crippen LogP contribution in [-0.2, 0) is 0 Å². The molecule has 5 nitrogen and oxygen atoms in total. The zero-order chi connectivity index (χ0) is 14.9. The van der Waals surface area contributed by atoms with E-state index < -0.39 is 0 Å². The van der Waals surface area contributed by atoms with Crippen molar-refractivity contribution in [2.24, 2.45) is 0 Å². The fourth-order valence-electron chi connectivity index (χ4n) is 1.63. The van der Waals surface area contributed by atoms with E-state index in [-0.39, 0.29) is 27.5 Å². The molecule has 0 bridgehead atoms. The van der Waals surface area contributed by atoms with Crippen molar-refractivity contribution in [1.29, 1.82) is 0 Å². The third kappa shape index (κ3) is 3.05. The van der Waals surface area contributed by atoms with Crippen molar-refractivity contribution in [2.45, 2.75) is 19.9 Å². The largest absolute Gasteiger partial charge is 0.451 e. The van der Waals surface area contributed by atoms with E-state index in [0.29, 0.717) is 11.4 Å². The summed E-state index contributed by atoms with van der Waals surface area (Å²) in [5, 5.41) is 0.578. The Balaban J connectivity index is 2.41. The van der Waals surface area contributed by atoms with Crippen molar-refractivity contribution in [3.8, 4) is 11.5 Å². The van der Waals surface area contributed by atoms with Gasteiger partial charge in [0.15, 0.2) is 11.5 Å². The monoisotopic (exact) mass is 313 g/mol. The molecule has 0 fully saturated rings. The topological polar surface area (TPSA) is 70.1 Å². The zero-order valence-corrected chi connectivity index (χ0v) is 12.4. The van der Waals surface area contributed by atoms with Crippen molar-refractivity contribution in [3.63, 3.8) is 0 Å². The molecule has 0 aliphatic carbocycles. The molecule has 0 unspecified atom stereocenters. The number of aromatic nitrogens is 2. The van der Waals surface area contributed by atoms with Gasteiger partial charge in [-0.25, -0.2) is 4.79 Å². The maximum Gasteiger partial charge on any atom is 0.347 e. The van der Waals surface area contributed by atoms with Crippen LogP contribution in [0.15, 0.2) is 29.3 Å². The van der Waals surface area contributed by atoms with Crippen molar-refractivity contribution >= 4 is 28.9 Å². The molecular formula is C13H13Cl2N3O2. The second-order valence-corrected chi connectivity index (χ2v) is 5.30. The summed E-state index contributed by atoms with van der Waals surface area (Å²) in [6, 6.07) is 3.04. The summed E-state index contributed by atoms with van der Waals surface area (Å²) >= 11 is 12.1. The smallest absolute Gasteiger partial charge is 0.347 e. The van der Waals surface area contributed by atoms with Gasteiger partial charge in [0.1, 0.15) is 0 Å². The summed E-state index contributed by atoms with van der Waals surface area (Å²) in [4.78, 5) is 15.3. The summed E-state index contributed by atoms with van der Waals surface area (Å²) < 4.78 is 7.05. The summed E-state index contributed by atoms with van der Waals surface area (Å²) in [6.45, 7) is 3.74. The molecule has 20 heavy (non-hydrogen) atoms. The molecule has 7 heteroatoms. The second kappa shape index (κ2) is 5.73. The number of rotatable bonds is 3. The highest BCUT2D eigenvalue weighted by atomic mass is 35.5. The number of benzene rings is 1. The summed E-state index contributed by atoms with van der Waals surface area (Å²) in [6.07, 6.45) is 2.88. The van der Waals surface area contributed by atoms with Crippen molar-refractivity contribution in [3.05, 3.63) is 45.1 Å². The van der Waals surface area contributed by atoms with Crippen LogP contribution >= 0.6 is 23.2 Å². The number of nitrogens with two attached hydrogens (primary N) is 1. The molecule has 0 atom stereocenters. The van der Waals surface area contributed by atoms with Crippen molar-refractivity contribution < 1.29 is 4.74 Å². The number of halogens is 2. The number of nitrogens with zero attached hydrogens (tertiary/aromatic N) is 2. The Labute approximate surface area is 125 Å². The van der Waals surface area contributed by atoms with Gasteiger partial charge in [0.05, 0.1) is 22.4 Å². The van der Waals surface area contributed by atoms with Gasteiger partial charge >= 0.3 is 5.69 Å². The van der Waals surface area contributed by atoms with Gasteiger partial charge in [-0.2, -0.15) is 4.98 Å². The van der Waals surface area contributed by atoms with Crippen LogP contribution in [0.1, 0.15) is 19.9 Å². The number of hydrogen-bond acceptors (Lipinski definition) is 4. The van der Waals surface area contributed by atoms with Gasteiger partial charge in [-0.15, -0.1) is 0 Å². The first-order valence-electron chi connectivity index (χ1n) is 5.89. The molecule has 2 aromatic rings. The number of hydrogen-bond donors (Lipinski definition) is 1. The average molecular weight is 314 g/mol. The quantitative estimate of drug-likeness (QED) is 0.880. The molecule has 1 heterocycles. The van der Waals surface area contributed by atoms with E-state index in [4.69, 9.17) is 33.7 Å². The third-order valence-electron chi connectivity index (χ3n) is 2.59. The molecule has 0 spiro atoms. The number of ether oxygens (including phenoxy) is 1. The lowest BCUT2D eigenvalue weighted by atomic mass is 10.3. The maximum absolute atomic E-state index is 11.6. The Morgan fingerprint density at radius 2 is 1.90 bits per heavy atom. The SMILES string of the molecule is CC(C)n1cc(Oc2c(Cl)cc(N)cc2Cl)cnc1=O. The van der Waals surface area contributed by atoms with E-state index in [1.807, 2.05) is 13.8 Å². The van der Waals surface area contributed by atoms with Crippen LogP contribution < -0.4 is 16.2 Å². The fourth-order valence-corrected chi connectivity index (χ4v) is 2.21. The van der Waals surface area contributed by atoms with Gasteiger partial charge in [0, 0.05) is 11.7 Å². The molecule has 2 rings (SSSR count). The lowest BCUT2D eigenvalue weighted by Crippen LogP contribution is -2.23. The minimum absolute atomic E-state index is 0.0316. The molecule has 0 radical (unpaired) electrons. The van der Waals surface area contributed by atoms with E-state index in [2.05, 4.69) is 4.98 Å². The Morgan fingerprint density at radius 1 is 1.30 bits per heavy atom. The van der Waals surface area contributed by atoms with Gasteiger partial charge < -0.3 is 10.5 Å². The van der Waals surface area contributed by atoms with Crippen LogP contribution in [0.25, 0.3) is 0 Å². The number of nitrogen functional groups attached to an aromatic ring is 1. The highest BCUT2D eigenvalue weighted by Gasteiger charge is 2.12. The van der Waals surface area contributed by atoms with E-state index in [0.717, 1.165) is 0 Å². The van der Waals surface area contributed by atoms with E-state index in [9.17, 15) is 4.79 Å². The molecule has 0 aliphatic heterocycles. The Bertz CT molecular complexity index is 675. The third-order valence-corrected chi connectivity index (χ3v) is 3.15. The summed E-state index contributed by atoms with van der Waals surface area (Å²) in [7, 11) is 0. The lowest BCUT2D eigenvalue weighted by Gasteiger charge is -2.13. The van der Waals surface area contributed by atoms with Crippen LogP contribution in [0.5, 0.6) is 11.5 Å². The summed E-state index contributed by atoms with van der Waals surface area (Å²) in [5.41, 5.74) is 5.72. The second-order valence-electron chi connectivity index (χ2n) is 4.49. The van der Waals surface area contributed by atoms with Gasteiger partial charge in [-0.05, 0) is 26.0 Å². The molecule has 2 N–H and O–H groups in total. The van der Waals surface area contributed by atoms with Gasteiger partial charge in [-0.3, -0.25) is 4.57 Å². The van der Waals surface area contributed by atoms with Gasteiger partial charge in [0.2, 0.25) is 0 Å². The van der Waals surface area contributed by atoms with E-state index in [1.165, 1.54) is 22.9 Å². The molecule has 106 valence electrons. The van der Waals surface area contributed by atoms with Crippen LogP contribution in [0.3, 0.4) is 0 Å². The average Bonchev–Trinajstić information content (AvgIpc) is 2.35. The first kappa shape index (κ1) is 14.7. The first-order valence-corrected chi connectivity index (χ1v) is 6.64. The van der Waals surface area contributed by atoms with Crippen LogP contribution in [0.4, 0.5) is 5.69 Å². The zero-order valence-electron chi connectivity index (χ0n) is 10.9. The highest BCUT2D eigenvalue weighted by Crippen LogP contribution is 2.37. The van der Waals surface area contributed by atoms with Crippen molar-refractivity contribution in [1.82, 2.24) is 9.55 Å². The minimum Gasteiger partial charge on any atom is -0.451 e. The lowest BCUT2D eigenvalue weighted by molar-refractivity contribution is 0.459. The first-order chi connectivity index (χ1) is 9.38. The van der Waals surface area contributed by atoms with Crippen LogP contribution in [0, 0.1) is 0 Å². The van der Waals surface area contributed by atoms with Crippen LogP contribution in [-0.4, -0.2) is 9.55 Å². The van der Waals surface area contributed by atoms with Crippen molar-refractivity contribution in [2.75, 3.05) is 5.73 Å². The fraction of sp³-hybridized carbons (Fsp3) is 0.231. The normalized spacial score (nSPS) is 10.8. The predicted octanol–water partition coefficient (Wildman–Crippen LogP) is 3.51. The maximum atomic E-state index is 11.6. The molecule has 0 saturated carbocycles. The minimum atomic E-state index is -0.346. The van der Waals surface area contributed by atoms with Gasteiger partial charge in [0.25, 0.3) is 0 Å². The molecule has 0 aliphatic rings.